The maximum Gasteiger partial charge on any atom is 0.314 e. The maximum absolute atomic E-state index is 11.5. The SMILES string of the molecule is CNCC1CCN(Cc2cc(CN3CCC(CNC(=O)NC)CC3)cc(-c3cc(Cl)cc(Cl)c3)c2)CC1. The summed E-state index contributed by atoms with van der Waals surface area (Å²) in [6.45, 7) is 8.13. The Hall–Kier alpha value is -1.83. The number of amides is 2. The lowest BCUT2D eigenvalue weighted by Gasteiger charge is -2.33. The molecule has 2 aliphatic heterocycles. The first-order chi connectivity index (χ1) is 17.9. The van der Waals surface area contributed by atoms with Crippen LogP contribution in [-0.4, -0.2) is 69.2 Å². The number of piperidine rings is 2. The monoisotopic (exact) mass is 545 g/mol. The number of hydrogen-bond donors (Lipinski definition) is 3. The van der Waals surface area contributed by atoms with Gasteiger partial charge in [0.15, 0.2) is 0 Å². The highest BCUT2D eigenvalue weighted by Gasteiger charge is 2.21. The maximum atomic E-state index is 11.5. The van der Waals surface area contributed by atoms with Crippen LogP contribution in [0.15, 0.2) is 36.4 Å². The van der Waals surface area contributed by atoms with E-state index in [-0.39, 0.29) is 6.03 Å². The Morgan fingerprint density at radius 3 is 1.73 bits per heavy atom. The number of rotatable bonds is 9. The molecule has 8 heteroatoms. The van der Waals surface area contributed by atoms with Crippen molar-refractivity contribution in [1.29, 1.82) is 0 Å². The molecule has 0 saturated carbocycles. The third-order valence-electron chi connectivity index (χ3n) is 7.75. The van der Waals surface area contributed by atoms with Crippen LogP contribution in [0.3, 0.4) is 0 Å². The lowest BCUT2D eigenvalue weighted by atomic mass is 9.94. The van der Waals surface area contributed by atoms with Gasteiger partial charge in [0.25, 0.3) is 0 Å². The van der Waals surface area contributed by atoms with E-state index >= 15 is 0 Å². The highest BCUT2D eigenvalue weighted by Crippen LogP contribution is 2.30. The summed E-state index contributed by atoms with van der Waals surface area (Å²) in [5.41, 5.74) is 4.91. The molecule has 0 bridgehead atoms. The van der Waals surface area contributed by atoms with Gasteiger partial charge in [-0.2, -0.15) is 0 Å². The second kappa shape index (κ2) is 13.8. The number of benzene rings is 2. The lowest BCUT2D eigenvalue weighted by molar-refractivity contribution is 0.173. The van der Waals surface area contributed by atoms with Crippen LogP contribution in [-0.2, 0) is 13.1 Å². The van der Waals surface area contributed by atoms with E-state index in [0.717, 1.165) is 76.7 Å². The van der Waals surface area contributed by atoms with Crippen molar-refractivity contribution in [3.05, 3.63) is 57.6 Å². The highest BCUT2D eigenvalue weighted by atomic mass is 35.5. The summed E-state index contributed by atoms with van der Waals surface area (Å²) in [5.74, 6) is 1.32. The van der Waals surface area contributed by atoms with E-state index in [1.54, 1.807) is 13.1 Å². The van der Waals surface area contributed by atoms with E-state index in [0.29, 0.717) is 16.0 Å². The zero-order valence-electron chi connectivity index (χ0n) is 22.2. The van der Waals surface area contributed by atoms with E-state index in [9.17, 15) is 4.79 Å². The molecule has 3 N–H and O–H groups in total. The van der Waals surface area contributed by atoms with E-state index in [2.05, 4.69) is 43.9 Å². The van der Waals surface area contributed by atoms with Gasteiger partial charge in [-0.15, -0.1) is 0 Å². The minimum Gasteiger partial charge on any atom is -0.341 e. The zero-order valence-corrected chi connectivity index (χ0v) is 23.7. The molecule has 0 aromatic heterocycles. The van der Waals surface area contributed by atoms with Crippen molar-refractivity contribution in [3.63, 3.8) is 0 Å². The molecule has 202 valence electrons. The van der Waals surface area contributed by atoms with E-state index in [1.165, 1.54) is 29.5 Å². The van der Waals surface area contributed by atoms with Gasteiger partial charge in [0.1, 0.15) is 0 Å². The molecule has 2 heterocycles. The summed E-state index contributed by atoms with van der Waals surface area (Å²) in [4.78, 5) is 16.6. The molecule has 2 aromatic carbocycles. The zero-order chi connectivity index (χ0) is 26.2. The van der Waals surface area contributed by atoms with E-state index < -0.39 is 0 Å². The Morgan fingerprint density at radius 2 is 1.24 bits per heavy atom. The quantitative estimate of drug-likeness (QED) is 0.403. The van der Waals surface area contributed by atoms with Crippen LogP contribution >= 0.6 is 23.2 Å². The molecular formula is C29H41Cl2N5O. The Morgan fingerprint density at radius 1 is 0.757 bits per heavy atom. The van der Waals surface area contributed by atoms with Gasteiger partial charge in [-0.05, 0) is 130 Å². The third-order valence-corrected chi connectivity index (χ3v) is 8.18. The van der Waals surface area contributed by atoms with Gasteiger partial charge in [-0.1, -0.05) is 29.3 Å². The van der Waals surface area contributed by atoms with E-state index in [4.69, 9.17) is 23.2 Å². The molecule has 0 atom stereocenters. The molecule has 37 heavy (non-hydrogen) atoms. The number of nitrogens with zero attached hydrogens (tertiary/aromatic N) is 2. The fraction of sp³-hybridized carbons (Fsp3) is 0.552. The Labute approximate surface area is 232 Å². The topological polar surface area (TPSA) is 59.6 Å². The van der Waals surface area contributed by atoms with Gasteiger partial charge in [0.05, 0.1) is 0 Å². The van der Waals surface area contributed by atoms with Crippen LogP contribution in [0.4, 0.5) is 4.79 Å². The number of carbonyl (C=O) groups is 1. The van der Waals surface area contributed by atoms with Crippen molar-refractivity contribution in [3.8, 4) is 11.1 Å². The van der Waals surface area contributed by atoms with Gasteiger partial charge < -0.3 is 16.0 Å². The minimum absolute atomic E-state index is 0.0980. The Bertz CT molecular complexity index is 1010. The number of halogens is 2. The summed E-state index contributed by atoms with van der Waals surface area (Å²) in [7, 11) is 3.70. The van der Waals surface area contributed by atoms with E-state index in [1.807, 2.05) is 19.2 Å². The van der Waals surface area contributed by atoms with Crippen molar-refractivity contribution in [2.75, 3.05) is 53.4 Å². The molecular weight excluding hydrogens is 505 g/mol. The summed E-state index contributed by atoms with van der Waals surface area (Å²) >= 11 is 12.7. The number of nitrogens with one attached hydrogen (secondary N) is 3. The number of hydrogen-bond acceptors (Lipinski definition) is 4. The summed E-state index contributed by atoms with van der Waals surface area (Å²) in [5, 5.41) is 10.2. The van der Waals surface area contributed by atoms with Gasteiger partial charge in [-0.25, -0.2) is 4.79 Å². The van der Waals surface area contributed by atoms with Crippen molar-refractivity contribution in [2.24, 2.45) is 11.8 Å². The summed E-state index contributed by atoms with van der Waals surface area (Å²) in [6, 6.07) is 12.7. The molecule has 2 saturated heterocycles. The van der Waals surface area contributed by atoms with Crippen molar-refractivity contribution in [1.82, 2.24) is 25.8 Å². The molecule has 4 rings (SSSR count). The third kappa shape index (κ3) is 8.59. The van der Waals surface area contributed by atoms with Crippen LogP contribution in [0.5, 0.6) is 0 Å². The highest BCUT2D eigenvalue weighted by molar-refractivity contribution is 6.35. The average molecular weight is 547 g/mol. The molecule has 0 spiro atoms. The minimum atomic E-state index is -0.0980. The van der Waals surface area contributed by atoms with Crippen molar-refractivity contribution >= 4 is 29.2 Å². The van der Waals surface area contributed by atoms with Gasteiger partial charge in [0.2, 0.25) is 0 Å². The summed E-state index contributed by atoms with van der Waals surface area (Å²) in [6.07, 6.45) is 4.70. The molecule has 0 aliphatic carbocycles. The largest absolute Gasteiger partial charge is 0.341 e. The number of carbonyl (C=O) groups excluding carboxylic acids is 1. The predicted octanol–water partition coefficient (Wildman–Crippen LogP) is 5.23. The molecule has 2 amide bonds. The van der Waals surface area contributed by atoms with Gasteiger partial charge in [0, 0.05) is 36.7 Å². The standard InChI is InChI=1S/C29H41Cl2N5O/c1-32-17-21-3-7-35(8-4-21)19-23-11-24(13-25(12-23)26-14-27(30)16-28(31)15-26)20-36-9-5-22(6-10-36)18-34-29(37)33-2/h11-16,21-22,32H,3-10,17-20H2,1-2H3,(H2,33,34,37). The normalized spacial score (nSPS) is 18.2. The molecule has 2 aromatic rings. The van der Waals surface area contributed by atoms with Crippen molar-refractivity contribution < 1.29 is 4.79 Å². The smallest absolute Gasteiger partial charge is 0.314 e. The van der Waals surface area contributed by atoms with Crippen molar-refractivity contribution in [2.45, 2.75) is 38.8 Å². The molecule has 0 radical (unpaired) electrons. The first-order valence-corrected chi connectivity index (χ1v) is 14.3. The predicted molar refractivity (Wildman–Crippen MR) is 154 cm³/mol. The number of likely N-dealkylation sites (tertiary alicyclic amines) is 2. The average Bonchev–Trinajstić information content (AvgIpc) is 2.89. The molecule has 0 unspecified atom stereocenters. The van der Waals surface area contributed by atoms with Crippen LogP contribution in [0, 0.1) is 11.8 Å². The molecule has 2 fully saturated rings. The van der Waals surface area contributed by atoms with Gasteiger partial charge in [-0.3, -0.25) is 9.80 Å². The Kier molecular flexibility index (Phi) is 10.5. The lowest BCUT2D eigenvalue weighted by Crippen LogP contribution is -2.40. The fourth-order valence-corrected chi connectivity index (χ4v) is 6.19. The number of urea groups is 1. The van der Waals surface area contributed by atoms with Crippen LogP contribution in [0.25, 0.3) is 11.1 Å². The summed E-state index contributed by atoms with van der Waals surface area (Å²) < 4.78 is 0. The van der Waals surface area contributed by atoms with Crippen LogP contribution in [0.1, 0.15) is 36.8 Å². The fourth-order valence-electron chi connectivity index (χ4n) is 5.66. The Balaban J connectivity index is 1.45. The first-order valence-electron chi connectivity index (χ1n) is 13.6. The van der Waals surface area contributed by atoms with Crippen LogP contribution in [0.2, 0.25) is 10.0 Å². The second-order valence-corrected chi connectivity index (χ2v) is 11.5. The second-order valence-electron chi connectivity index (χ2n) is 10.7. The first kappa shape index (κ1) is 28.2. The molecule has 6 nitrogen and oxygen atoms in total. The van der Waals surface area contributed by atoms with Gasteiger partial charge >= 0.3 is 6.03 Å². The molecule has 2 aliphatic rings. The van der Waals surface area contributed by atoms with Crippen LogP contribution < -0.4 is 16.0 Å².